The molecule has 4 rings (SSSR count). The molecule has 1 aliphatic rings. The highest BCUT2D eigenvalue weighted by Gasteiger charge is 2.34. The number of halogens is 1. The minimum Gasteiger partial charge on any atom is -0.497 e. The molecule has 122 valence electrons. The van der Waals surface area contributed by atoms with Gasteiger partial charge in [-0.1, -0.05) is 11.6 Å². The molecule has 2 heterocycles. The molecule has 0 saturated carbocycles. The SMILES string of the molecule is COc1ccc(-n2c(-c3ccc(Cl)cc3)c[n+]3c2S[C@H](C)C3)cc1. The highest BCUT2D eigenvalue weighted by atomic mass is 35.5. The summed E-state index contributed by atoms with van der Waals surface area (Å²) < 4.78 is 9.94. The van der Waals surface area contributed by atoms with Crippen molar-refractivity contribution in [3.8, 4) is 22.7 Å². The van der Waals surface area contributed by atoms with E-state index in [0.717, 1.165) is 28.6 Å². The first kappa shape index (κ1) is 15.6. The quantitative estimate of drug-likeness (QED) is 0.638. The summed E-state index contributed by atoms with van der Waals surface area (Å²) in [5, 5.41) is 2.60. The van der Waals surface area contributed by atoms with Gasteiger partial charge in [-0.05, 0) is 67.2 Å². The molecule has 0 radical (unpaired) electrons. The standard InChI is InChI=1S/C19H18ClN2OS/c1-13-11-21-12-18(14-3-5-15(20)6-4-14)22(19(21)24-13)16-7-9-17(23-2)10-8-16/h3-10,12-13H,11H2,1-2H3/q+1/t13-/m1/s1. The Morgan fingerprint density at radius 1 is 1.12 bits per heavy atom. The molecular weight excluding hydrogens is 340 g/mol. The Kier molecular flexibility index (Phi) is 4.02. The summed E-state index contributed by atoms with van der Waals surface area (Å²) in [6, 6.07) is 16.2. The number of nitrogens with zero attached hydrogens (tertiary/aromatic N) is 2. The van der Waals surface area contributed by atoms with Gasteiger partial charge in [-0.2, -0.15) is 4.57 Å². The Hall–Kier alpha value is -1.91. The van der Waals surface area contributed by atoms with E-state index in [9.17, 15) is 0 Å². The Labute approximate surface area is 150 Å². The summed E-state index contributed by atoms with van der Waals surface area (Å²) in [4.78, 5) is 0. The summed E-state index contributed by atoms with van der Waals surface area (Å²) in [6.07, 6.45) is 2.24. The summed E-state index contributed by atoms with van der Waals surface area (Å²) in [5.41, 5.74) is 3.47. The molecule has 0 aliphatic carbocycles. The number of benzene rings is 2. The molecule has 24 heavy (non-hydrogen) atoms. The lowest BCUT2D eigenvalue weighted by atomic mass is 10.1. The number of aromatic nitrogens is 2. The van der Waals surface area contributed by atoms with Gasteiger partial charge in [-0.25, -0.2) is 4.57 Å². The van der Waals surface area contributed by atoms with Crippen LogP contribution in [0.25, 0.3) is 16.9 Å². The van der Waals surface area contributed by atoms with Crippen molar-refractivity contribution >= 4 is 23.4 Å². The molecule has 3 nitrogen and oxygen atoms in total. The number of rotatable bonds is 3. The predicted octanol–water partition coefficient (Wildman–Crippen LogP) is 4.59. The number of methoxy groups -OCH3 is 1. The van der Waals surface area contributed by atoms with E-state index >= 15 is 0 Å². The zero-order valence-electron chi connectivity index (χ0n) is 13.6. The van der Waals surface area contributed by atoms with Gasteiger partial charge < -0.3 is 4.74 Å². The van der Waals surface area contributed by atoms with Crippen molar-refractivity contribution in [3.05, 3.63) is 59.8 Å². The minimum absolute atomic E-state index is 0.587. The Morgan fingerprint density at radius 2 is 1.83 bits per heavy atom. The smallest absolute Gasteiger partial charge is 0.324 e. The molecule has 0 fully saturated rings. The van der Waals surface area contributed by atoms with Gasteiger partial charge in [0.1, 0.15) is 24.2 Å². The number of imidazole rings is 1. The summed E-state index contributed by atoms with van der Waals surface area (Å²) in [5.74, 6) is 0.865. The van der Waals surface area contributed by atoms with Crippen molar-refractivity contribution in [1.29, 1.82) is 0 Å². The number of hydrogen-bond donors (Lipinski definition) is 0. The highest BCUT2D eigenvalue weighted by Crippen LogP contribution is 2.35. The molecule has 3 aromatic rings. The topological polar surface area (TPSA) is 18.0 Å². The zero-order valence-corrected chi connectivity index (χ0v) is 15.1. The molecule has 0 spiro atoms. The molecule has 0 amide bonds. The van der Waals surface area contributed by atoms with E-state index in [1.165, 1.54) is 10.9 Å². The molecular formula is C19H18ClN2OS+. The predicted molar refractivity (Wildman–Crippen MR) is 98.3 cm³/mol. The van der Waals surface area contributed by atoms with Gasteiger partial charge in [0.15, 0.2) is 5.69 Å². The van der Waals surface area contributed by atoms with Crippen LogP contribution in [0.1, 0.15) is 6.92 Å². The highest BCUT2D eigenvalue weighted by molar-refractivity contribution is 7.99. The minimum atomic E-state index is 0.587. The maximum absolute atomic E-state index is 6.05. The van der Waals surface area contributed by atoms with Crippen LogP contribution in [0.4, 0.5) is 0 Å². The van der Waals surface area contributed by atoms with E-state index in [1.54, 1.807) is 7.11 Å². The summed E-state index contributed by atoms with van der Waals surface area (Å²) in [7, 11) is 1.69. The van der Waals surface area contributed by atoms with E-state index < -0.39 is 0 Å². The molecule has 0 saturated heterocycles. The van der Waals surface area contributed by atoms with Crippen LogP contribution in [-0.2, 0) is 6.54 Å². The normalized spacial score (nSPS) is 16.2. The average Bonchev–Trinajstić information content (AvgIpc) is 3.11. The van der Waals surface area contributed by atoms with Crippen LogP contribution in [0.3, 0.4) is 0 Å². The number of thioether (sulfide) groups is 1. The van der Waals surface area contributed by atoms with Crippen molar-refractivity contribution in [2.75, 3.05) is 7.11 Å². The largest absolute Gasteiger partial charge is 0.497 e. The Morgan fingerprint density at radius 3 is 2.50 bits per heavy atom. The van der Waals surface area contributed by atoms with Crippen LogP contribution in [-0.4, -0.2) is 16.9 Å². The number of ether oxygens (including phenoxy) is 1. The fourth-order valence-electron chi connectivity index (χ4n) is 3.04. The lowest BCUT2D eigenvalue weighted by Crippen LogP contribution is -2.32. The summed E-state index contributed by atoms with van der Waals surface area (Å²) >= 11 is 7.96. The average molecular weight is 358 g/mol. The van der Waals surface area contributed by atoms with Gasteiger partial charge in [-0.3, -0.25) is 0 Å². The third kappa shape index (κ3) is 2.70. The first-order valence-electron chi connectivity index (χ1n) is 7.88. The number of hydrogen-bond acceptors (Lipinski definition) is 2. The van der Waals surface area contributed by atoms with Crippen molar-refractivity contribution in [1.82, 2.24) is 4.57 Å². The molecule has 0 bridgehead atoms. The fraction of sp³-hybridized carbons (Fsp3) is 0.211. The Bertz CT molecular complexity index is 872. The van der Waals surface area contributed by atoms with Crippen molar-refractivity contribution in [2.24, 2.45) is 0 Å². The first-order valence-corrected chi connectivity index (χ1v) is 9.13. The maximum Gasteiger partial charge on any atom is 0.324 e. The fourth-order valence-corrected chi connectivity index (χ4v) is 4.34. The molecule has 1 atom stereocenters. The van der Waals surface area contributed by atoms with Gasteiger partial charge in [0.05, 0.1) is 12.4 Å². The molecule has 0 N–H and O–H groups in total. The summed E-state index contributed by atoms with van der Waals surface area (Å²) in [6.45, 7) is 3.29. The molecule has 2 aromatic carbocycles. The van der Waals surface area contributed by atoms with Crippen LogP contribution in [0.5, 0.6) is 5.75 Å². The lowest BCUT2D eigenvalue weighted by molar-refractivity contribution is -0.725. The first-order chi connectivity index (χ1) is 11.7. The van der Waals surface area contributed by atoms with E-state index in [0.29, 0.717) is 5.25 Å². The Balaban J connectivity index is 1.88. The van der Waals surface area contributed by atoms with E-state index in [2.05, 4.69) is 46.5 Å². The van der Waals surface area contributed by atoms with Crippen LogP contribution in [0.2, 0.25) is 5.02 Å². The van der Waals surface area contributed by atoms with Crippen LogP contribution in [0.15, 0.2) is 59.9 Å². The van der Waals surface area contributed by atoms with Gasteiger partial charge in [0.2, 0.25) is 0 Å². The van der Waals surface area contributed by atoms with Crippen molar-refractivity contribution < 1.29 is 9.30 Å². The van der Waals surface area contributed by atoms with Crippen LogP contribution < -0.4 is 9.30 Å². The lowest BCUT2D eigenvalue weighted by Gasteiger charge is -2.06. The molecule has 1 aromatic heterocycles. The van der Waals surface area contributed by atoms with E-state index in [1.807, 2.05) is 36.0 Å². The second kappa shape index (κ2) is 6.19. The molecule has 1 aliphatic heterocycles. The van der Waals surface area contributed by atoms with E-state index in [4.69, 9.17) is 16.3 Å². The van der Waals surface area contributed by atoms with Crippen LogP contribution in [0, 0.1) is 0 Å². The van der Waals surface area contributed by atoms with Gasteiger partial charge in [0, 0.05) is 10.6 Å². The third-order valence-corrected chi connectivity index (χ3v) is 5.62. The molecule has 5 heteroatoms. The molecule has 0 unspecified atom stereocenters. The van der Waals surface area contributed by atoms with Gasteiger partial charge in [-0.15, -0.1) is 0 Å². The second-order valence-electron chi connectivity index (χ2n) is 5.92. The number of fused-ring (bicyclic) bond motifs is 1. The van der Waals surface area contributed by atoms with Crippen molar-refractivity contribution in [3.63, 3.8) is 0 Å². The second-order valence-corrected chi connectivity index (χ2v) is 7.76. The van der Waals surface area contributed by atoms with E-state index in [-0.39, 0.29) is 0 Å². The van der Waals surface area contributed by atoms with Gasteiger partial charge in [0.25, 0.3) is 0 Å². The maximum atomic E-state index is 6.05. The van der Waals surface area contributed by atoms with Crippen LogP contribution >= 0.6 is 23.4 Å². The third-order valence-electron chi connectivity index (χ3n) is 4.19. The van der Waals surface area contributed by atoms with Gasteiger partial charge >= 0.3 is 5.16 Å². The van der Waals surface area contributed by atoms with Crippen molar-refractivity contribution in [2.45, 2.75) is 23.9 Å². The zero-order chi connectivity index (χ0) is 16.7. The monoisotopic (exact) mass is 357 g/mol.